The van der Waals surface area contributed by atoms with Crippen molar-refractivity contribution in [3.63, 3.8) is 0 Å². The van der Waals surface area contributed by atoms with Gasteiger partial charge in [-0.25, -0.2) is 9.97 Å². The molecule has 0 bridgehead atoms. The minimum atomic E-state index is 0.513. The quantitative estimate of drug-likeness (QED) is 0.786. The maximum Gasteiger partial charge on any atom is 0.137 e. The third-order valence-electron chi connectivity index (χ3n) is 3.76. The van der Waals surface area contributed by atoms with Gasteiger partial charge >= 0.3 is 0 Å². The number of anilines is 1. The maximum absolute atomic E-state index is 6.24. The lowest BCUT2D eigenvalue weighted by Gasteiger charge is -2.22. The maximum atomic E-state index is 6.24. The number of nitrogens with one attached hydrogen (secondary N) is 1. The number of rotatable bonds is 6. The Bertz CT molecular complexity index is 453. The summed E-state index contributed by atoms with van der Waals surface area (Å²) in [5.74, 6) is 2.96. The van der Waals surface area contributed by atoms with Crippen LogP contribution in [0.4, 0.5) is 5.82 Å². The third kappa shape index (κ3) is 3.79. The van der Waals surface area contributed by atoms with Crippen molar-refractivity contribution in [2.24, 2.45) is 0 Å². The van der Waals surface area contributed by atoms with Gasteiger partial charge < -0.3 is 5.32 Å². The standard InChI is InChI=1S/C15H24ClN3S/c1-4-7-13-18-14(16)10(3)15(19-13)17-11-8-6-9-12(11)20-5-2/h11-12H,4-9H2,1-3H3,(H,17,18,19). The molecule has 1 aromatic heterocycles. The average molecular weight is 314 g/mol. The van der Waals surface area contributed by atoms with Gasteiger partial charge in [0.25, 0.3) is 0 Å². The highest BCUT2D eigenvalue weighted by Crippen LogP contribution is 2.33. The zero-order chi connectivity index (χ0) is 14.5. The highest BCUT2D eigenvalue weighted by Gasteiger charge is 2.28. The second-order valence-corrected chi connectivity index (χ2v) is 7.20. The van der Waals surface area contributed by atoms with Crippen molar-refractivity contribution in [3.8, 4) is 0 Å². The van der Waals surface area contributed by atoms with Crippen molar-refractivity contribution < 1.29 is 0 Å². The molecule has 1 aliphatic carbocycles. The van der Waals surface area contributed by atoms with Crippen LogP contribution in [-0.4, -0.2) is 27.0 Å². The van der Waals surface area contributed by atoms with Crippen LogP contribution in [0.25, 0.3) is 0 Å². The second-order valence-electron chi connectivity index (χ2n) is 5.33. The van der Waals surface area contributed by atoms with Gasteiger partial charge in [0.05, 0.1) is 0 Å². The molecule has 1 fully saturated rings. The molecule has 2 rings (SSSR count). The highest BCUT2D eigenvalue weighted by atomic mass is 35.5. The van der Waals surface area contributed by atoms with Gasteiger partial charge in [-0.15, -0.1) is 0 Å². The molecule has 1 N–H and O–H groups in total. The van der Waals surface area contributed by atoms with Crippen molar-refractivity contribution in [1.82, 2.24) is 9.97 Å². The van der Waals surface area contributed by atoms with Crippen molar-refractivity contribution in [3.05, 3.63) is 16.5 Å². The van der Waals surface area contributed by atoms with Gasteiger partial charge in [-0.3, -0.25) is 0 Å². The number of halogens is 1. The first kappa shape index (κ1) is 15.9. The van der Waals surface area contributed by atoms with Crippen LogP contribution in [0.1, 0.15) is 50.9 Å². The summed E-state index contributed by atoms with van der Waals surface area (Å²) >= 11 is 8.29. The first-order chi connectivity index (χ1) is 9.65. The van der Waals surface area contributed by atoms with E-state index in [1.54, 1.807) is 0 Å². The largest absolute Gasteiger partial charge is 0.366 e. The van der Waals surface area contributed by atoms with Crippen LogP contribution in [0.15, 0.2) is 0 Å². The van der Waals surface area contributed by atoms with Gasteiger partial charge in [0, 0.05) is 23.3 Å². The summed E-state index contributed by atoms with van der Waals surface area (Å²) in [5, 5.41) is 4.91. The van der Waals surface area contributed by atoms with E-state index < -0.39 is 0 Å². The summed E-state index contributed by atoms with van der Waals surface area (Å²) in [6.45, 7) is 6.36. The first-order valence-corrected chi connectivity index (χ1v) is 8.99. The van der Waals surface area contributed by atoms with Crippen LogP contribution in [0.3, 0.4) is 0 Å². The molecule has 0 aliphatic heterocycles. The first-order valence-electron chi connectivity index (χ1n) is 7.56. The third-order valence-corrected chi connectivity index (χ3v) is 5.46. The van der Waals surface area contributed by atoms with E-state index in [1.807, 2.05) is 6.92 Å². The monoisotopic (exact) mass is 313 g/mol. The van der Waals surface area contributed by atoms with Crippen LogP contribution in [-0.2, 0) is 6.42 Å². The predicted molar refractivity (Wildman–Crippen MR) is 89.0 cm³/mol. The molecular weight excluding hydrogens is 290 g/mol. The molecule has 0 saturated heterocycles. The van der Waals surface area contributed by atoms with Crippen molar-refractivity contribution in [2.75, 3.05) is 11.1 Å². The van der Waals surface area contributed by atoms with Crippen LogP contribution >= 0.6 is 23.4 Å². The smallest absolute Gasteiger partial charge is 0.137 e. The Kier molecular flexibility index (Phi) is 5.97. The molecule has 2 unspecified atom stereocenters. The zero-order valence-electron chi connectivity index (χ0n) is 12.6. The van der Waals surface area contributed by atoms with E-state index >= 15 is 0 Å². The second kappa shape index (κ2) is 7.51. The molecule has 0 spiro atoms. The Morgan fingerprint density at radius 1 is 1.30 bits per heavy atom. The Balaban J connectivity index is 2.15. The van der Waals surface area contributed by atoms with Crippen molar-refractivity contribution in [1.29, 1.82) is 0 Å². The van der Waals surface area contributed by atoms with E-state index in [2.05, 4.69) is 40.9 Å². The number of aryl methyl sites for hydroxylation is 1. The summed E-state index contributed by atoms with van der Waals surface area (Å²) < 4.78 is 0. The van der Waals surface area contributed by atoms with E-state index in [0.29, 0.717) is 16.4 Å². The normalized spacial score (nSPS) is 22.2. The van der Waals surface area contributed by atoms with E-state index in [9.17, 15) is 0 Å². The molecule has 5 heteroatoms. The molecule has 20 heavy (non-hydrogen) atoms. The molecule has 0 radical (unpaired) electrons. The summed E-state index contributed by atoms with van der Waals surface area (Å²) in [7, 11) is 0. The molecule has 0 amide bonds. The topological polar surface area (TPSA) is 37.8 Å². The molecule has 1 heterocycles. The van der Waals surface area contributed by atoms with Gasteiger partial charge in [0.15, 0.2) is 0 Å². The molecule has 1 aromatic rings. The molecule has 0 aromatic carbocycles. The summed E-state index contributed by atoms with van der Waals surface area (Å²) in [6.07, 6.45) is 5.75. The van der Waals surface area contributed by atoms with Crippen molar-refractivity contribution >= 4 is 29.2 Å². The van der Waals surface area contributed by atoms with E-state index in [0.717, 1.165) is 30.0 Å². The van der Waals surface area contributed by atoms with Gasteiger partial charge in [-0.1, -0.05) is 31.9 Å². The van der Waals surface area contributed by atoms with Gasteiger partial charge in [-0.05, 0) is 31.9 Å². The summed E-state index contributed by atoms with van der Waals surface area (Å²) in [6, 6.07) is 0.513. The van der Waals surface area contributed by atoms with Crippen molar-refractivity contribution in [2.45, 2.75) is 64.2 Å². The van der Waals surface area contributed by atoms with Crippen LogP contribution in [0.5, 0.6) is 0 Å². The molecule has 1 saturated carbocycles. The summed E-state index contributed by atoms with van der Waals surface area (Å²) in [4.78, 5) is 9.03. The minimum Gasteiger partial charge on any atom is -0.366 e. The number of hydrogen-bond acceptors (Lipinski definition) is 4. The van der Waals surface area contributed by atoms with E-state index in [-0.39, 0.29) is 0 Å². The van der Waals surface area contributed by atoms with Gasteiger partial charge in [0.2, 0.25) is 0 Å². The number of nitrogens with zero attached hydrogens (tertiary/aromatic N) is 2. The lowest BCUT2D eigenvalue weighted by molar-refractivity contribution is 0.752. The molecule has 1 aliphatic rings. The van der Waals surface area contributed by atoms with Gasteiger partial charge in [-0.2, -0.15) is 11.8 Å². The fraction of sp³-hybridized carbons (Fsp3) is 0.733. The molecule has 3 nitrogen and oxygen atoms in total. The zero-order valence-corrected chi connectivity index (χ0v) is 14.2. The Labute approximate surface area is 131 Å². The predicted octanol–water partition coefficient (Wildman–Crippen LogP) is 4.48. The average Bonchev–Trinajstić information content (AvgIpc) is 2.84. The Morgan fingerprint density at radius 3 is 2.80 bits per heavy atom. The van der Waals surface area contributed by atoms with E-state index in [1.165, 1.54) is 25.0 Å². The van der Waals surface area contributed by atoms with Crippen LogP contribution < -0.4 is 5.32 Å². The summed E-state index contributed by atoms with van der Waals surface area (Å²) in [5.41, 5.74) is 0.971. The molecular formula is C15H24ClN3S. The lowest BCUT2D eigenvalue weighted by atomic mass is 10.2. The molecule has 2 atom stereocenters. The fourth-order valence-electron chi connectivity index (χ4n) is 2.69. The highest BCUT2D eigenvalue weighted by molar-refractivity contribution is 7.99. The molecule has 112 valence electrons. The Hall–Kier alpha value is -0.480. The minimum absolute atomic E-state index is 0.513. The SMILES string of the molecule is CCCc1nc(Cl)c(C)c(NC2CCCC2SCC)n1. The fourth-order valence-corrected chi connectivity index (χ4v) is 4.07. The lowest BCUT2D eigenvalue weighted by Crippen LogP contribution is -2.27. The van der Waals surface area contributed by atoms with Gasteiger partial charge in [0.1, 0.15) is 16.8 Å². The van der Waals surface area contributed by atoms with Crippen LogP contribution in [0.2, 0.25) is 5.15 Å². The number of thioether (sulfide) groups is 1. The van der Waals surface area contributed by atoms with E-state index in [4.69, 9.17) is 11.6 Å². The number of aromatic nitrogens is 2. The van der Waals surface area contributed by atoms with Crippen LogP contribution in [0, 0.1) is 6.92 Å². The number of hydrogen-bond donors (Lipinski definition) is 1. The Morgan fingerprint density at radius 2 is 2.10 bits per heavy atom.